The molecule has 6 nitrogen and oxygen atoms in total. The van der Waals surface area contributed by atoms with E-state index in [-0.39, 0.29) is 11.3 Å². The second kappa shape index (κ2) is 11.2. The molecule has 3 aromatic rings. The van der Waals surface area contributed by atoms with Crippen LogP contribution >= 0.6 is 0 Å². The number of rotatable bonds is 9. The van der Waals surface area contributed by atoms with E-state index in [1.54, 1.807) is 36.4 Å². The molecule has 1 heterocycles. The number of amides is 1. The zero-order valence-corrected chi connectivity index (χ0v) is 20.4. The lowest BCUT2D eigenvalue weighted by atomic mass is 9.95. The van der Waals surface area contributed by atoms with E-state index in [0.29, 0.717) is 36.4 Å². The summed E-state index contributed by atoms with van der Waals surface area (Å²) in [5, 5.41) is 11.2. The van der Waals surface area contributed by atoms with E-state index in [1.165, 1.54) is 17.0 Å². The first-order valence-electron chi connectivity index (χ1n) is 11.8. The van der Waals surface area contributed by atoms with Crippen LogP contribution in [0.25, 0.3) is 5.76 Å². The SMILES string of the molecule is CN(C)CCCN1C(=O)C(=O)/C(=C(/O)c2ccc(OCc3ccccc3)cc2)[C@@H]1c1ccc(F)cc1. The van der Waals surface area contributed by atoms with E-state index in [0.717, 1.165) is 12.1 Å². The number of aliphatic hydroxyl groups excluding tert-OH is 1. The number of hydrogen-bond acceptors (Lipinski definition) is 5. The maximum atomic E-state index is 13.6. The number of ketones is 1. The Morgan fingerprint density at radius 1 is 0.972 bits per heavy atom. The van der Waals surface area contributed by atoms with Gasteiger partial charge in [-0.1, -0.05) is 42.5 Å². The van der Waals surface area contributed by atoms with E-state index < -0.39 is 23.5 Å². The number of ether oxygens (including phenoxy) is 1. The van der Waals surface area contributed by atoms with Crippen LogP contribution in [0.1, 0.15) is 29.2 Å². The van der Waals surface area contributed by atoms with E-state index in [4.69, 9.17) is 4.74 Å². The zero-order valence-electron chi connectivity index (χ0n) is 20.4. The molecule has 1 aliphatic rings. The van der Waals surface area contributed by atoms with Crippen molar-refractivity contribution in [2.24, 2.45) is 0 Å². The highest BCUT2D eigenvalue weighted by Crippen LogP contribution is 2.39. The van der Waals surface area contributed by atoms with Crippen molar-refractivity contribution in [3.8, 4) is 5.75 Å². The normalized spacial score (nSPS) is 17.1. The molecule has 0 spiro atoms. The maximum absolute atomic E-state index is 13.6. The number of likely N-dealkylation sites (tertiary alicyclic amines) is 1. The fraction of sp³-hybridized carbons (Fsp3) is 0.241. The molecule has 0 saturated carbocycles. The molecule has 0 radical (unpaired) electrons. The molecule has 0 unspecified atom stereocenters. The number of nitrogens with zero attached hydrogens (tertiary/aromatic N) is 2. The summed E-state index contributed by atoms with van der Waals surface area (Å²) in [6.07, 6.45) is 0.644. The van der Waals surface area contributed by atoms with Crippen LogP contribution in [0.15, 0.2) is 84.4 Å². The number of aliphatic hydroxyl groups is 1. The van der Waals surface area contributed by atoms with Gasteiger partial charge in [-0.05, 0) is 74.6 Å². The minimum Gasteiger partial charge on any atom is -0.507 e. The van der Waals surface area contributed by atoms with Gasteiger partial charge in [-0.15, -0.1) is 0 Å². The van der Waals surface area contributed by atoms with Gasteiger partial charge in [0.2, 0.25) is 0 Å². The Bertz CT molecular complexity index is 1240. The monoisotopic (exact) mass is 488 g/mol. The van der Waals surface area contributed by atoms with Gasteiger partial charge in [0.05, 0.1) is 11.6 Å². The van der Waals surface area contributed by atoms with Gasteiger partial charge >= 0.3 is 0 Å². The summed E-state index contributed by atoms with van der Waals surface area (Å²) in [6, 6.07) is 21.3. The van der Waals surface area contributed by atoms with Gasteiger partial charge in [-0.2, -0.15) is 0 Å². The average Bonchev–Trinajstić information content (AvgIpc) is 3.13. The number of halogens is 1. The predicted octanol–water partition coefficient (Wildman–Crippen LogP) is 4.78. The summed E-state index contributed by atoms with van der Waals surface area (Å²) in [5.74, 6) is -1.51. The van der Waals surface area contributed by atoms with Crippen molar-refractivity contribution < 1.29 is 23.8 Å². The minimum atomic E-state index is -0.804. The Balaban J connectivity index is 1.63. The van der Waals surface area contributed by atoms with Gasteiger partial charge in [0.25, 0.3) is 11.7 Å². The fourth-order valence-electron chi connectivity index (χ4n) is 4.26. The van der Waals surface area contributed by atoms with Crippen molar-refractivity contribution in [2.75, 3.05) is 27.2 Å². The van der Waals surface area contributed by atoms with Crippen molar-refractivity contribution in [1.29, 1.82) is 0 Å². The Morgan fingerprint density at radius 2 is 1.64 bits per heavy atom. The minimum absolute atomic E-state index is 0.00517. The van der Waals surface area contributed by atoms with Gasteiger partial charge in [0.1, 0.15) is 23.9 Å². The molecule has 7 heteroatoms. The third kappa shape index (κ3) is 5.63. The smallest absolute Gasteiger partial charge is 0.295 e. The van der Waals surface area contributed by atoms with Gasteiger partial charge in [0.15, 0.2) is 0 Å². The molecule has 0 bridgehead atoms. The number of Topliss-reactive ketones (excluding diaryl/α,β-unsaturated/α-hetero) is 1. The summed E-state index contributed by atoms with van der Waals surface area (Å²) in [7, 11) is 3.86. The van der Waals surface area contributed by atoms with Gasteiger partial charge < -0.3 is 19.6 Å². The standard InChI is InChI=1S/C29H29FN2O4/c1-31(2)17-6-18-32-26(21-9-13-23(30)14-10-21)25(28(34)29(32)35)27(33)22-11-15-24(16-12-22)36-19-20-7-4-3-5-8-20/h3-5,7-16,26,33H,6,17-19H2,1-2H3/b27-25+/t26-/m0/s1. The first-order chi connectivity index (χ1) is 17.3. The highest BCUT2D eigenvalue weighted by molar-refractivity contribution is 6.46. The Labute approximate surface area is 210 Å². The lowest BCUT2D eigenvalue weighted by molar-refractivity contribution is -0.139. The van der Waals surface area contributed by atoms with Crippen LogP contribution in [-0.2, 0) is 16.2 Å². The summed E-state index contributed by atoms with van der Waals surface area (Å²) in [6.45, 7) is 1.45. The van der Waals surface area contributed by atoms with Crippen LogP contribution in [0, 0.1) is 5.82 Å². The molecule has 1 aliphatic heterocycles. The molecule has 3 aromatic carbocycles. The van der Waals surface area contributed by atoms with Crippen molar-refractivity contribution in [3.63, 3.8) is 0 Å². The average molecular weight is 489 g/mol. The largest absolute Gasteiger partial charge is 0.507 e. The molecular formula is C29H29FN2O4. The molecule has 1 atom stereocenters. The van der Waals surface area contributed by atoms with Crippen molar-refractivity contribution >= 4 is 17.4 Å². The van der Waals surface area contributed by atoms with Crippen molar-refractivity contribution in [1.82, 2.24) is 9.80 Å². The van der Waals surface area contributed by atoms with E-state index in [1.807, 2.05) is 49.3 Å². The van der Waals surface area contributed by atoms with Crippen LogP contribution in [0.3, 0.4) is 0 Å². The first kappa shape index (κ1) is 25.1. The number of carbonyl (C=O) groups excluding carboxylic acids is 2. The van der Waals surface area contributed by atoms with E-state index in [2.05, 4.69) is 0 Å². The Kier molecular flexibility index (Phi) is 7.80. The summed E-state index contributed by atoms with van der Waals surface area (Å²) >= 11 is 0. The second-order valence-corrected chi connectivity index (χ2v) is 9.00. The molecule has 1 N–H and O–H groups in total. The quantitative estimate of drug-likeness (QED) is 0.267. The predicted molar refractivity (Wildman–Crippen MR) is 136 cm³/mol. The molecule has 1 saturated heterocycles. The lowest BCUT2D eigenvalue weighted by Crippen LogP contribution is -2.32. The topological polar surface area (TPSA) is 70.1 Å². The van der Waals surface area contributed by atoms with Crippen LogP contribution < -0.4 is 4.74 Å². The third-order valence-corrected chi connectivity index (χ3v) is 6.11. The van der Waals surface area contributed by atoms with Crippen LogP contribution in [0.4, 0.5) is 4.39 Å². The highest BCUT2D eigenvalue weighted by atomic mass is 19.1. The highest BCUT2D eigenvalue weighted by Gasteiger charge is 2.45. The van der Waals surface area contributed by atoms with Crippen molar-refractivity contribution in [2.45, 2.75) is 19.1 Å². The van der Waals surface area contributed by atoms with Crippen LogP contribution in [0.5, 0.6) is 5.75 Å². The molecule has 4 rings (SSSR count). The van der Waals surface area contributed by atoms with Crippen molar-refractivity contribution in [3.05, 3.63) is 107 Å². The molecule has 1 fully saturated rings. The van der Waals surface area contributed by atoms with Gasteiger partial charge in [0, 0.05) is 12.1 Å². The Morgan fingerprint density at radius 3 is 2.28 bits per heavy atom. The molecular weight excluding hydrogens is 459 g/mol. The van der Waals surface area contributed by atoms with Gasteiger partial charge in [-0.25, -0.2) is 4.39 Å². The number of hydrogen-bond donors (Lipinski definition) is 1. The molecule has 0 aliphatic carbocycles. The molecule has 1 amide bonds. The van der Waals surface area contributed by atoms with E-state index in [9.17, 15) is 19.1 Å². The van der Waals surface area contributed by atoms with Crippen LogP contribution in [0.2, 0.25) is 0 Å². The number of carbonyl (C=O) groups is 2. The fourth-order valence-corrected chi connectivity index (χ4v) is 4.26. The van der Waals surface area contributed by atoms with Crippen LogP contribution in [-0.4, -0.2) is 53.8 Å². The Hall–Kier alpha value is -3.97. The zero-order chi connectivity index (χ0) is 25.7. The van der Waals surface area contributed by atoms with E-state index >= 15 is 0 Å². The summed E-state index contributed by atoms with van der Waals surface area (Å²) in [5.41, 5.74) is 1.97. The number of benzene rings is 3. The lowest BCUT2D eigenvalue weighted by Gasteiger charge is -2.26. The molecule has 0 aromatic heterocycles. The summed E-state index contributed by atoms with van der Waals surface area (Å²) < 4.78 is 19.4. The summed E-state index contributed by atoms with van der Waals surface area (Å²) in [4.78, 5) is 29.5. The first-order valence-corrected chi connectivity index (χ1v) is 11.8. The van der Waals surface area contributed by atoms with Gasteiger partial charge in [-0.3, -0.25) is 9.59 Å². The maximum Gasteiger partial charge on any atom is 0.295 e. The third-order valence-electron chi connectivity index (χ3n) is 6.11. The second-order valence-electron chi connectivity index (χ2n) is 9.00. The molecule has 186 valence electrons. The molecule has 36 heavy (non-hydrogen) atoms.